The number of esters is 2. The van der Waals surface area contributed by atoms with Crippen LogP contribution in [0.25, 0.3) is 0 Å². The second-order valence-corrected chi connectivity index (χ2v) is 9.00. The lowest BCUT2D eigenvalue weighted by molar-refractivity contribution is -0.186. The number of fused-ring (bicyclic) bond motifs is 1. The van der Waals surface area contributed by atoms with Crippen LogP contribution < -0.4 is 10.1 Å². The first-order valence-electron chi connectivity index (χ1n) is 12.7. The zero-order chi connectivity index (χ0) is 26.1. The van der Waals surface area contributed by atoms with Crippen molar-refractivity contribution in [3.05, 3.63) is 41.6 Å². The summed E-state index contributed by atoms with van der Waals surface area (Å²) in [5.41, 5.74) is 0.463. The molecule has 3 atom stereocenters. The number of carbonyl (C=O) groups is 3. The number of benzene rings is 1. The predicted molar refractivity (Wildman–Crippen MR) is 131 cm³/mol. The van der Waals surface area contributed by atoms with Crippen molar-refractivity contribution in [3.8, 4) is 5.75 Å². The third-order valence-corrected chi connectivity index (χ3v) is 6.36. The van der Waals surface area contributed by atoms with E-state index in [1.807, 2.05) is 0 Å². The number of carbonyl (C=O) groups excluding carboxylic acids is 3. The Balaban J connectivity index is 1.79. The summed E-state index contributed by atoms with van der Waals surface area (Å²) in [6.45, 7) is 4.11. The van der Waals surface area contributed by atoms with E-state index in [0.29, 0.717) is 0 Å². The maximum atomic E-state index is 13.3. The Kier molecular flexibility index (Phi) is 10.0. The van der Waals surface area contributed by atoms with Crippen LogP contribution in [0.5, 0.6) is 5.75 Å². The van der Waals surface area contributed by atoms with Gasteiger partial charge in [-0.3, -0.25) is 14.4 Å². The molecule has 2 aliphatic rings. The molecule has 0 radical (unpaired) electrons. The highest BCUT2D eigenvalue weighted by Gasteiger charge is 2.64. The molecule has 0 aromatic heterocycles. The van der Waals surface area contributed by atoms with Crippen LogP contribution in [0.15, 0.2) is 36.0 Å². The maximum absolute atomic E-state index is 13.3. The molecule has 9 heteroatoms. The topological polar surface area (TPSA) is 113 Å². The van der Waals surface area contributed by atoms with Gasteiger partial charge in [-0.15, -0.1) is 0 Å². The summed E-state index contributed by atoms with van der Waals surface area (Å²) in [6, 6.07) is 6.51. The van der Waals surface area contributed by atoms with Crippen LogP contribution in [0.2, 0.25) is 0 Å². The third kappa shape index (κ3) is 6.72. The van der Waals surface area contributed by atoms with E-state index in [-0.39, 0.29) is 35.8 Å². The average molecular weight is 504 g/mol. The fourth-order valence-corrected chi connectivity index (χ4v) is 4.26. The fraction of sp³-hybridized carbons (Fsp3) is 0.593. The zero-order valence-corrected chi connectivity index (χ0v) is 21.5. The Labute approximate surface area is 212 Å². The van der Waals surface area contributed by atoms with Crippen LogP contribution in [-0.4, -0.2) is 56.2 Å². The molecule has 1 aromatic carbocycles. The van der Waals surface area contributed by atoms with E-state index >= 15 is 0 Å². The van der Waals surface area contributed by atoms with Gasteiger partial charge in [0.1, 0.15) is 18.0 Å². The van der Waals surface area contributed by atoms with Crippen molar-refractivity contribution in [2.24, 2.45) is 0 Å². The van der Waals surface area contributed by atoms with Gasteiger partial charge >= 0.3 is 11.9 Å². The van der Waals surface area contributed by atoms with Crippen molar-refractivity contribution in [2.75, 3.05) is 14.2 Å². The summed E-state index contributed by atoms with van der Waals surface area (Å²) in [4.78, 5) is 38.1. The van der Waals surface area contributed by atoms with Crippen LogP contribution in [0, 0.1) is 0 Å². The second kappa shape index (κ2) is 13.0. The smallest absolute Gasteiger partial charge is 0.311 e. The SMILES string of the molecule is CCCCCC(=O)Oc1ccccc1C(=O)NC1=CC(OC)(OC)[C@@H]2O[C@@H]2[C@@H]1OC(=O)CCCCC. The summed E-state index contributed by atoms with van der Waals surface area (Å²) in [6.07, 6.45) is 5.57. The summed E-state index contributed by atoms with van der Waals surface area (Å²) in [7, 11) is 2.95. The zero-order valence-electron chi connectivity index (χ0n) is 21.5. The quantitative estimate of drug-likeness (QED) is 0.133. The van der Waals surface area contributed by atoms with Crippen molar-refractivity contribution >= 4 is 17.8 Å². The number of hydrogen-bond donors (Lipinski definition) is 1. The summed E-state index contributed by atoms with van der Waals surface area (Å²) >= 11 is 0. The third-order valence-electron chi connectivity index (χ3n) is 6.36. The number of epoxide rings is 1. The first kappa shape index (κ1) is 27.8. The van der Waals surface area contributed by atoms with E-state index in [0.717, 1.165) is 38.5 Å². The monoisotopic (exact) mass is 503 g/mol. The Morgan fingerprint density at radius 2 is 1.58 bits per heavy atom. The standard InChI is InChI=1S/C27H37NO8/c1-5-7-9-15-21(29)34-20-14-12-11-13-18(20)26(31)28-19-17-27(32-3,33-4)25-24(36-25)23(19)35-22(30)16-10-8-6-2/h11-14,17,23-25H,5-10,15-16H2,1-4H3,(H,28,31)/t23-,24-,25-/m1/s1. The van der Waals surface area contributed by atoms with Crippen LogP contribution in [0.1, 0.15) is 75.6 Å². The highest BCUT2D eigenvalue weighted by Crippen LogP contribution is 2.45. The predicted octanol–water partition coefficient (Wildman–Crippen LogP) is 4.05. The van der Waals surface area contributed by atoms with E-state index in [9.17, 15) is 14.4 Å². The van der Waals surface area contributed by atoms with Gasteiger partial charge in [0.15, 0.2) is 6.10 Å². The molecule has 1 heterocycles. The van der Waals surface area contributed by atoms with Crippen LogP contribution in [-0.2, 0) is 28.5 Å². The molecular weight excluding hydrogens is 466 g/mol. The van der Waals surface area contributed by atoms with Crippen LogP contribution in [0.3, 0.4) is 0 Å². The average Bonchev–Trinajstić information content (AvgIpc) is 3.68. The van der Waals surface area contributed by atoms with Crippen molar-refractivity contribution in [2.45, 2.75) is 89.3 Å². The van der Waals surface area contributed by atoms with Gasteiger partial charge in [-0.05, 0) is 25.0 Å². The second-order valence-electron chi connectivity index (χ2n) is 9.00. The first-order valence-corrected chi connectivity index (χ1v) is 12.7. The van der Waals surface area contributed by atoms with E-state index in [2.05, 4.69) is 19.2 Å². The van der Waals surface area contributed by atoms with Gasteiger partial charge in [-0.2, -0.15) is 0 Å². The van der Waals surface area contributed by atoms with Gasteiger partial charge in [0.25, 0.3) is 5.91 Å². The molecule has 0 spiro atoms. The molecule has 3 rings (SSSR count). The number of methoxy groups -OCH3 is 2. The lowest BCUT2D eigenvalue weighted by Gasteiger charge is -2.33. The lowest BCUT2D eigenvalue weighted by atomic mass is 9.95. The highest BCUT2D eigenvalue weighted by molar-refractivity contribution is 5.98. The van der Waals surface area contributed by atoms with Gasteiger partial charge in [-0.25, -0.2) is 0 Å². The van der Waals surface area contributed by atoms with E-state index in [4.69, 9.17) is 23.7 Å². The molecule has 1 fully saturated rings. The van der Waals surface area contributed by atoms with E-state index in [1.165, 1.54) is 14.2 Å². The first-order chi connectivity index (χ1) is 17.4. The van der Waals surface area contributed by atoms with E-state index < -0.39 is 36.0 Å². The van der Waals surface area contributed by atoms with Crippen LogP contribution in [0.4, 0.5) is 0 Å². The molecule has 1 aliphatic heterocycles. The molecule has 1 N–H and O–H groups in total. The van der Waals surface area contributed by atoms with Crippen molar-refractivity contribution < 1.29 is 38.1 Å². The Bertz CT molecular complexity index is 955. The molecule has 1 amide bonds. The number of ether oxygens (including phenoxy) is 5. The molecule has 0 saturated carbocycles. The Hall–Kier alpha value is -2.75. The highest BCUT2D eigenvalue weighted by atomic mass is 16.7. The minimum Gasteiger partial charge on any atom is -0.453 e. The summed E-state index contributed by atoms with van der Waals surface area (Å²) in [5, 5.41) is 2.82. The number of amides is 1. The molecule has 9 nitrogen and oxygen atoms in total. The largest absolute Gasteiger partial charge is 0.453 e. The number of para-hydroxylation sites is 1. The molecular formula is C27H37NO8. The number of unbranched alkanes of at least 4 members (excludes halogenated alkanes) is 4. The van der Waals surface area contributed by atoms with Gasteiger partial charge in [0, 0.05) is 33.1 Å². The molecule has 1 saturated heterocycles. The maximum Gasteiger partial charge on any atom is 0.311 e. The Morgan fingerprint density at radius 3 is 2.22 bits per heavy atom. The van der Waals surface area contributed by atoms with Crippen molar-refractivity contribution in [3.63, 3.8) is 0 Å². The number of hydrogen-bond acceptors (Lipinski definition) is 8. The fourth-order valence-electron chi connectivity index (χ4n) is 4.26. The van der Waals surface area contributed by atoms with Gasteiger partial charge in [0.2, 0.25) is 5.79 Å². The number of rotatable bonds is 14. The Morgan fingerprint density at radius 1 is 0.944 bits per heavy atom. The molecule has 36 heavy (non-hydrogen) atoms. The van der Waals surface area contributed by atoms with Crippen LogP contribution >= 0.6 is 0 Å². The molecule has 0 bridgehead atoms. The lowest BCUT2D eigenvalue weighted by Crippen LogP contribution is -2.49. The van der Waals surface area contributed by atoms with E-state index in [1.54, 1.807) is 30.3 Å². The van der Waals surface area contributed by atoms with Gasteiger partial charge < -0.3 is 29.0 Å². The van der Waals surface area contributed by atoms with Crippen molar-refractivity contribution in [1.82, 2.24) is 5.32 Å². The number of nitrogens with one attached hydrogen (secondary N) is 1. The van der Waals surface area contributed by atoms with Gasteiger partial charge in [0.05, 0.1) is 11.3 Å². The minimum atomic E-state index is -1.23. The molecule has 0 unspecified atom stereocenters. The molecule has 198 valence electrons. The van der Waals surface area contributed by atoms with Crippen molar-refractivity contribution in [1.29, 1.82) is 0 Å². The molecule has 1 aliphatic carbocycles. The summed E-state index contributed by atoms with van der Waals surface area (Å²) in [5.74, 6) is -2.36. The van der Waals surface area contributed by atoms with Gasteiger partial charge in [-0.1, -0.05) is 51.7 Å². The normalized spacial score (nSPS) is 21.7. The molecule has 1 aromatic rings. The summed E-state index contributed by atoms with van der Waals surface area (Å²) < 4.78 is 28.1. The minimum absolute atomic E-state index is 0.159.